The molecule has 0 fully saturated rings. The van der Waals surface area contributed by atoms with Gasteiger partial charge >= 0.3 is 6.03 Å². The average molecular weight is 348 g/mol. The van der Waals surface area contributed by atoms with Gasteiger partial charge in [-0.25, -0.2) is 13.2 Å². The summed E-state index contributed by atoms with van der Waals surface area (Å²) in [5, 5.41) is 5.27. The maximum absolute atomic E-state index is 12.1. The Bertz CT molecular complexity index is 819. The number of ether oxygens (including phenoxy) is 1. The Hall–Kier alpha value is -2.54. The van der Waals surface area contributed by atoms with Gasteiger partial charge in [-0.3, -0.25) is 0 Å². The van der Waals surface area contributed by atoms with Crippen LogP contribution in [0.1, 0.15) is 12.5 Å². The number of nitrogens with one attached hydrogen (secondary N) is 2. The van der Waals surface area contributed by atoms with Gasteiger partial charge in [0, 0.05) is 18.4 Å². The van der Waals surface area contributed by atoms with Crippen LogP contribution in [0.15, 0.2) is 53.4 Å². The highest BCUT2D eigenvalue weighted by molar-refractivity contribution is 7.90. The Morgan fingerprint density at radius 2 is 1.75 bits per heavy atom. The number of urea groups is 1. The lowest BCUT2D eigenvalue weighted by molar-refractivity contribution is 0.251. The van der Waals surface area contributed by atoms with E-state index in [1.165, 1.54) is 6.07 Å². The SMILES string of the molecule is CCOc1ccccc1CNC(=O)Nc1ccccc1S(C)(=O)=O. The molecule has 0 radical (unpaired) electrons. The zero-order valence-corrected chi connectivity index (χ0v) is 14.4. The summed E-state index contributed by atoms with van der Waals surface area (Å²) in [6.07, 6.45) is 1.10. The Balaban J connectivity index is 2.05. The van der Waals surface area contributed by atoms with Gasteiger partial charge in [0.05, 0.1) is 17.2 Å². The number of benzene rings is 2. The molecule has 0 spiro atoms. The number of anilines is 1. The van der Waals surface area contributed by atoms with Gasteiger partial charge < -0.3 is 15.4 Å². The zero-order valence-electron chi connectivity index (χ0n) is 13.6. The number of hydrogen-bond donors (Lipinski definition) is 2. The summed E-state index contributed by atoms with van der Waals surface area (Å²) in [6, 6.07) is 13.2. The highest BCUT2D eigenvalue weighted by Crippen LogP contribution is 2.21. The molecule has 2 aromatic carbocycles. The molecule has 24 heavy (non-hydrogen) atoms. The zero-order chi connectivity index (χ0) is 17.6. The minimum atomic E-state index is -3.42. The van der Waals surface area contributed by atoms with Crippen LogP contribution in [0, 0.1) is 0 Å². The first-order valence-electron chi connectivity index (χ1n) is 7.46. The van der Waals surface area contributed by atoms with Crippen molar-refractivity contribution in [3.63, 3.8) is 0 Å². The molecule has 0 atom stereocenters. The van der Waals surface area contributed by atoms with Crippen LogP contribution in [0.25, 0.3) is 0 Å². The Kier molecular flexibility index (Phi) is 5.81. The topological polar surface area (TPSA) is 84.5 Å². The van der Waals surface area contributed by atoms with E-state index in [4.69, 9.17) is 4.74 Å². The molecule has 0 aromatic heterocycles. The van der Waals surface area contributed by atoms with Gasteiger partial charge in [-0.15, -0.1) is 0 Å². The number of sulfone groups is 1. The molecular weight excluding hydrogens is 328 g/mol. The van der Waals surface area contributed by atoms with E-state index in [9.17, 15) is 13.2 Å². The first-order valence-corrected chi connectivity index (χ1v) is 9.35. The van der Waals surface area contributed by atoms with E-state index in [1.807, 2.05) is 31.2 Å². The molecule has 7 heteroatoms. The van der Waals surface area contributed by atoms with Crippen LogP contribution < -0.4 is 15.4 Å². The molecule has 128 valence electrons. The molecule has 2 N–H and O–H groups in total. The predicted octanol–water partition coefficient (Wildman–Crippen LogP) is 2.81. The predicted molar refractivity (Wildman–Crippen MR) is 93.0 cm³/mol. The standard InChI is InChI=1S/C17H20N2O4S/c1-3-23-15-10-6-4-8-13(15)12-18-17(20)19-14-9-5-7-11-16(14)24(2,21)22/h4-11H,3,12H2,1-2H3,(H2,18,19,20). The van der Waals surface area contributed by atoms with Gasteiger partial charge in [0.15, 0.2) is 9.84 Å². The van der Waals surface area contributed by atoms with Gasteiger partial charge in [0.2, 0.25) is 0 Å². The number of para-hydroxylation sites is 2. The molecule has 0 aliphatic rings. The molecule has 0 saturated carbocycles. The Morgan fingerprint density at radius 3 is 2.46 bits per heavy atom. The van der Waals surface area contributed by atoms with Crippen molar-refractivity contribution in [1.29, 1.82) is 0 Å². The van der Waals surface area contributed by atoms with Crippen LogP contribution in [0.2, 0.25) is 0 Å². The number of carbonyl (C=O) groups is 1. The van der Waals surface area contributed by atoms with E-state index in [0.717, 1.165) is 11.8 Å². The normalized spacial score (nSPS) is 10.9. The monoisotopic (exact) mass is 348 g/mol. The fourth-order valence-electron chi connectivity index (χ4n) is 2.18. The summed E-state index contributed by atoms with van der Waals surface area (Å²) in [4.78, 5) is 12.2. The van der Waals surface area contributed by atoms with Crippen molar-refractivity contribution in [2.75, 3.05) is 18.2 Å². The molecule has 2 rings (SSSR count). The third-order valence-corrected chi connectivity index (χ3v) is 4.40. The van der Waals surface area contributed by atoms with E-state index in [2.05, 4.69) is 10.6 Å². The number of carbonyl (C=O) groups excluding carboxylic acids is 1. The van der Waals surface area contributed by atoms with Crippen LogP contribution in [0.3, 0.4) is 0 Å². The van der Waals surface area contributed by atoms with Crippen molar-refractivity contribution in [1.82, 2.24) is 5.32 Å². The van der Waals surface area contributed by atoms with Gasteiger partial charge in [0.1, 0.15) is 5.75 Å². The second-order valence-corrected chi connectivity index (χ2v) is 7.10. The van der Waals surface area contributed by atoms with Crippen molar-refractivity contribution < 1.29 is 17.9 Å². The summed E-state index contributed by atoms with van der Waals surface area (Å²) in [7, 11) is -3.42. The Morgan fingerprint density at radius 1 is 1.08 bits per heavy atom. The maximum Gasteiger partial charge on any atom is 0.319 e. The van der Waals surface area contributed by atoms with Crippen molar-refractivity contribution in [2.45, 2.75) is 18.4 Å². The maximum atomic E-state index is 12.1. The lowest BCUT2D eigenvalue weighted by Crippen LogP contribution is -2.29. The van der Waals surface area contributed by atoms with Crippen molar-refractivity contribution in [3.05, 3.63) is 54.1 Å². The second kappa shape index (κ2) is 7.83. The van der Waals surface area contributed by atoms with E-state index in [1.54, 1.807) is 18.2 Å². The number of hydrogen-bond acceptors (Lipinski definition) is 4. The molecule has 0 heterocycles. The van der Waals surface area contributed by atoms with Crippen LogP contribution >= 0.6 is 0 Å². The van der Waals surface area contributed by atoms with E-state index in [-0.39, 0.29) is 17.1 Å². The molecule has 0 aliphatic heterocycles. The summed E-state index contributed by atoms with van der Waals surface area (Å²) in [5.41, 5.74) is 1.08. The summed E-state index contributed by atoms with van der Waals surface area (Å²) in [5.74, 6) is 0.705. The van der Waals surface area contributed by atoms with Crippen LogP contribution in [0.5, 0.6) is 5.75 Å². The van der Waals surface area contributed by atoms with E-state index in [0.29, 0.717) is 12.4 Å². The van der Waals surface area contributed by atoms with Gasteiger partial charge in [0.25, 0.3) is 0 Å². The molecule has 0 aliphatic carbocycles. The third-order valence-electron chi connectivity index (χ3n) is 3.25. The van der Waals surface area contributed by atoms with Crippen molar-refractivity contribution in [3.8, 4) is 5.75 Å². The van der Waals surface area contributed by atoms with Crippen LogP contribution in [-0.2, 0) is 16.4 Å². The largest absolute Gasteiger partial charge is 0.494 e. The average Bonchev–Trinajstić information content (AvgIpc) is 2.54. The van der Waals surface area contributed by atoms with E-state index >= 15 is 0 Å². The van der Waals surface area contributed by atoms with Gasteiger partial charge in [-0.2, -0.15) is 0 Å². The molecule has 6 nitrogen and oxygen atoms in total. The smallest absolute Gasteiger partial charge is 0.319 e. The quantitative estimate of drug-likeness (QED) is 0.841. The fourth-order valence-corrected chi connectivity index (χ4v) is 3.03. The minimum Gasteiger partial charge on any atom is -0.494 e. The summed E-state index contributed by atoms with van der Waals surface area (Å²) >= 11 is 0. The summed E-state index contributed by atoms with van der Waals surface area (Å²) < 4.78 is 29.0. The Labute approximate surface area is 141 Å². The van der Waals surface area contributed by atoms with Gasteiger partial charge in [-0.1, -0.05) is 30.3 Å². The highest BCUT2D eigenvalue weighted by Gasteiger charge is 2.14. The number of rotatable bonds is 6. The molecule has 2 aromatic rings. The molecule has 0 unspecified atom stereocenters. The van der Waals surface area contributed by atoms with Gasteiger partial charge in [-0.05, 0) is 25.1 Å². The van der Waals surface area contributed by atoms with E-state index < -0.39 is 15.9 Å². The first kappa shape index (κ1) is 17.8. The summed E-state index contributed by atoms with van der Waals surface area (Å²) in [6.45, 7) is 2.69. The number of amides is 2. The third kappa shape index (κ3) is 4.73. The van der Waals surface area contributed by atoms with Crippen LogP contribution in [0.4, 0.5) is 10.5 Å². The molecule has 0 saturated heterocycles. The molecule has 2 amide bonds. The van der Waals surface area contributed by atoms with Crippen molar-refractivity contribution >= 4 is 21.6 Å². The van der Waals surface area contributed by atoms with Crippen LogP contribution in [-0.4, -0.2) is 27.3 Å². The lowest BCUT2D eigenvalue weighted by atomic mass is 10.2. The molecule has 0 bridgehead atoms. The molecular formula is C17H20N2O4S. The first-order chi connectivity index (χ1) is 11.4. The highest BCUT2D eigenvalue weighted by atomic mass is 32.2. The lowest BCUT2D eigenvalue weighted by Gasteiger charge is -2.13. The van der Waals surface area contributed by atoms with Crippen molar-refractivity contribution in [2.24, 2.45) is 0 Å². The minimum absolute atomic E-state index is 0.0786. The second-order valence-electron chi connectivity index (χ2n) is 5.12. The fraction of sp³-hybridized carbons (Fsp3) is 0.235.